The minimum atomic E-state index is 1.03. The van der Waals surface area contributed by atoms with Crippen molar-refractivity contribution in [2.75, 3.05) is 19.0 Å². The van der Waals surface area contributed by atoms with E-state index in [1.807, 2.05) is 0 Å². The molecule has 102 valence electrons. The van der Waals surface area contributed by atoms with E-state index in [0.29, 0.717) is 0 Å². The normalized spacial score (nSPS) is 10.9. The highest BCUT2D eigenvalue weighted by atomic mass is 15.1. The van der Waals surface area contributed by atoms with Crippen LogP contribution in [-0.4, -0.2) is 24.1 Å². The van der Waals surface area contributed by atoms with Crippen molar-refractivity contribution in [3.63, 3.8) is 0 Å². The molecule has 0 fully saturated rings. The van der Waals surface area contributed by atoms with E-state index in [9.17, 15) is 0 Å². The van der Waals surface area contributed by atoms with E-state index in [1.165, 1.54) is 16.8 Å². The molecule has 0 amide bonds. The van der Waals surface area contributed by atoms with Gasteiger partial charge in [-0.15, -0.1) is 0 Å². The number of H-pyrrole nitrogens is 1. The van der Waals surface area contributed by atoms with Gasteiger partial charge in [-0.05, 0) is 48.2 Å². The van der Waals surface area contributed by atoms with Crippen LogP contribution >= 0.6 is 0 Å². The van der Waals surface area contributed by atoms with E-state index in [-0.39, 0.29) is 0 Å². The average Bonchev–Trinajstić information content (AvgIpc) is 2.93. The Balaban J connectivity index is 1.69. The van der Waals surface area contributed by atoms with E-state index >= 15 is 0 Å². The molecule has 0 saturated carbocycles. The maximum absolute atomic E-state index is 4.24. The lowest BCUT2D eigenvalue weighted by molar-refractivity contribution is 0.960. The van der Waals surface area contributed by atoms with Gasteiger partial charge in [-0.3, -0.25) is 0 Å². The summed E-state index contributed by atoms with van der Waals surface area (Å²) in [6.07, 6.45) is 3.86. The Hall–Kier alpha value is -2.29. The Bertz CT molecular complexity index is 696. The lowest BCUT2D eigenvalue weighted by Crippen LogP contribution is -2.08. The van der Waals surface area contributed by atoms with Crippen LogP contribution in [0, 0.1) is 0 Å². The summed E-state index contributed by atoms with van der Waals surface area (Å²) >= 11 is 0. The van der Waals surface area contributed by atoms with Crippen molar-refractivity contribution in [2.24, 2.45) is 0 Å². The molecule has 0 unspecified atom stereocenters. The summed E-state index contributed by atoms with van der Waals surface area (Å²) in [7, 11) is 4.13. The number of anilines is 1. The zero-order valence-corrected chi connectivity index (χ0v) is 11.9. The number of nitrogens with zero attached hydrogens (tertiary/aromatic N) is 2. The third-order valence-electron chi connectivity index (χ3n) is 3.64. The fraction of sp³-hybridized carbons (Fsp3) is 0.235. The molecule has 3 heteroatoms. The fourth-order valence-electron chi connectivity index (χ4n) is 2.39. The predicted molar refractivity (Wildman–Crippen MR) is 84.3 cm³/mol. The molecule has 0 atom stereocenters. The van der Waals surface area contributed by atoms with Crippen molar-refractivity contribution < 1.29 is 0 Å². The second kappa shape index (κ2) is 5.37. The van der Waals surface area contributed by atoms with Crippen molar-refractivity contribution in [1.29, 1.82) is 0 Å². The van der Waals surface area contributed by atoms with E-state index in [1.54, 1.807) is 6.33 Å². The molecule has 1 heterocycles. The first-order valence-corrected chi connectivity index (χ1v) is 6.91. The molecule has 0 aliphatic heterocycles. The lowest BCUT2D eigenvalue weighted by atomic mass is 10.0. The zero-order valence-electron chi connectivity index (χ0n) is 11.9. The number of aryl methyl sites for hydroxylation is 2. The van der Waals surface area contributed by atoms with Crippen molar-refractivity contribution in [3.8, 4) is 0 Å². The summed E-state index contributed by atoms with van der Waals surface area (Å²) in [5, 5.41) is 0. The molecule has 0 saturated heterocycles. The van der Waals surface area contributed by atoms with Crippen LogP contribution < -0.4 is 4.90 Å². The van der Waals surface area contributed by atoms with Crippen molar-refractivity contribution in [1.82, 2.24) is 9.97 Å². The monoisotopic (exact) mass is 265 g/mol. The Morgan fingerprint density at radius 2 is 1.65 bits per heavy atom. The Morgan fingerprint density at radius 1 is 0.950 bits per heavy atom. The highest BCUT2D eigenvalue weighted by molar-refractivity contribution is 5.75. The minimum absolute atomic E-state index is 1.03. The van der Waals surface area contributed by atoms with Gasteiger partial charge in [-0.1, -0.05) is 18.2 Å². The van der Waals surface area contributed by atoms with Crippen molar-refractivity contribution in [3.05, 3.63) is 59.9 Å². The molecular weight excluding hydrogens is 246 g/mol. The first kappa shape index (κ1) is 12.7. The molecule has 3 aromatic rings. The smallest absolute Gasteiger partial charge is 0.0931 e. The van der Waals surface area contributed by atoms with Crippen LogP contribution in [0.3, 0.4) is 0 Å². The number of fused-ring (bicyclic) bond motifs is 1. The van der Waals surface area contributed by atoms with Crippen LogP contribution in [0.5, 0.6) is 0 Å². The Morgan fingerprint density at radius 3 is 2.40 bits per heavy atom. The highest BCUT2D eigenvalue weighted by Crippen LogP contribution is 2.16. The molecule has 0 aliphatic carbocycles. The molecular formula is C17H19N3. The van der Waals surface area contributed by atoms with Crippen LogP contribution in [0.2, 0.25) is 0 Å². The summed E-state index contributed by atoms with van der Waals surface area (Å²) in [5.41, 5.74) is 6.11. The second-order valence-electron chi connectivity index (χ2n) is 5.31. The maximum Gasteiger partial charge on any atom is 0.0931 e. The van der Waals surface area contributed by atoms with Crippen LogP contribution in [-0.2, 0) is 12.8 Å². The molecule has 0 radical (unpaired) electrons. The third-order valence-corrected chi connectivity index (χ3v) is 3.64. The van der Waals surface area contributed by atoms with Gasteiger partial charge < -0.3 is 9.88 Å². The number of aromatic amines is 1. The third kappa shape index (κ3) is 2.67. The lowest BCUT2D eigenvalue weighted by Gasteiger charge is -2.12. The van der Waals surface area contributed by atoms with Crippen molar-refractivity contribution >= 4 is 16.7 Å². The van der Waals surface area contributed by atoms with E-state index in [4.69, 9.17) is 0 Å². The first-order valence-electron chi connectivity index (χ1n) is 6.91. The number of aromatic nitrogens is 2. The number of nitrogens with one attached hydrogen (secondary N) is 1. The first-order chi connectivity index (χ1) is 9.72. The van der Waals surface area contributed by atoms with Gasteiger partial charge in [0.05, 0.1) is 17.4 Å². The molecule has 1 aromatic heterocycles. The number of hydrogen-bond donors (Lipinski definition) is 1. The molecule has 0 bridgehead atoms. The maximum atomic E-state index is 4.24. The van der Waals surface area contributed by atoms with Gasteiger partial charge in [-0.25, -0.2) is 4.98 Å². The summed E-state index contributed by atoms with van der Waals surface area (Å²) in [4.78, 5) is 9.53. The van der Waals surface area contributed by atoms with Gasteiger partial charge in [-0.2, -0.15) is 0 Å². The molecule has 20 heavy (non-hydrogen) atoms. The highest BCUT2D eigenvalue weighted by Gasteiger charge is 2.00. The number of benzene rings is 2. The van der Waals surface area contributed by atoms with Gasteiger partial charge >= 0.3 is 0 Å². The molecule has 3 rings (SSSR count). The second-order valence-corrected chi connectivity index (χ2v) is 5.31. The molecule has 0 spiro atoms. The summed E-state index contributed by atoms with van der Waals surface area (Å²) < 4.78 is 0. The molecule has 1 N–H and O–H groups in total. The van der Waals surface area contributed by atoms with Crippen LogP contribution in [0.1, 0.15) is 11.1 Å². The van der Waals surface area contributed by atoms with Gasteiger partial charge in [0.1, 0.15) is 0 Å². The van der Waals surface area contributed by atoms with Crippen LogP contribution in [0.15, 0.2) is 48.8 Å². The van der Waals surface area contributed by atoms with Gasteiger partial charge in [0.2, 0.25) is 0 Å². The zero-order chi connectivity index (χ0) is 13.9. The molecule has 2 aromatic carbocycles. The largest absolute Gasteiger partial charge is 0.378 e. The molecule has 3 nitrogen and oxygen atoms in total. The quantitative estimate of drug-likeness (QED) is 0.784. The van der Waals surface area contributed by atoms with E-state index < -0.39 is 0 Å². The fourth-order valence-corrected chi connectivity index (χ4v) is 2.39. The van der Waals surface area contributed by atoms with Gasteiger partial charge in [0.15, 0.2) is 0 Å². The average molecular weight is 265 g/mol. The standard InChI is InChI=1S/C17H19N3/c1-20(2)15-8-5-13(6-9-15)3-4-14-7-10-16-17(11-14)19-12-18-16/h5-12H,3-4H2,1-2H3,(H,18,19). The predicted octanol–water partition coefficient (Wildman–Crippen LogP) is 3.41. The van der Waals surface area contributed by atoms with Crippen molar-refractivity contribution in [2.45, 2.75) is 12.8 Å². The van der Waals surface area contributed by atoms with Gasteiger partial charge in [0, 0.05) is 19.8 Å². The Kier molecular flexibility index (Phi) is 3.42. The van der Waals surface area contributed by atoms with Crippen LogP contribution in [0.4, 0.5) is 5.69 Å². The molecule has 0 aliphatic rings. The number of hydrogen-bond acceptors (Lipinski definition) is 2. The number of imidazole rings is 1. The summed E-state index contributed by atoms with van der Waals surface area (Å²) in [6.45, 7) is 0. The van der Waals surface area contributed by atoms with Crippen LogP contribution in [0.25, 0.3) is 11.0 Å². The summed E-state index contributed by atoms with van der Waals surface area (Å²) in [6, 6.07) is 15.2. The van der Waals surface area contributed by atoms with Gasteiger partial charge in [0.25, 0.3) is 0 Å². The van der Waals surface area contributed by atoms with E-state index in [2.05, 4.69) is 71.4 Å². The topological polar surface area (TPSA) is 31.9 Å². The van der Waals surface area contributed by atoms with E-state index in [0.717, 1.165) is 23.9 Å². The summed E-state index contributed by atoms with van der Waals surface area (Å²) in [5.74, 6) is 0. The Labute approximate surface area is 119 Å². The minimum Gasteiger partial charge on any atom is -0.378 e. The number of rotatable bonds is 4. The SMILES string of the molecule is CN(C)c1ccc(CCc2ccc3nc[nH]c3c2)cc1.